The number of hydrogen-bond acceptors (Lipinski definition) is 3. The number of alkyl halides is 2. The molecular weight excluding hydrogens is 554 g/mol. The Morgan fingerprint density at radius 3 is 2.65 bits per heavy atom. The minimum Gasteiger partial charge on any atom is -0.381 e. The maximum Gasteiger partial charge on any atom is 0.187 e. The van der Waals surface area contributed by atoms with Gasteiger partial charge in [0.25, 0.3) is 0 Å². The third-order valence-electron chi connectivity index (χ3n) is 8.09. The van der Waals surface area contributed by atoms with Crippen molar-refractivity contribution in [1.82, 2.24) is 0 Å². The number of halogens is 2. The van der Waals surface area contributed by atoms with Crippen LogP contribution in [0.15, 0.2) is 23.3 Å². The molecule has 26 heavy (non-hydrogen) atoms. The number of fused-ring (bicyclic) bond motifs is 5. The summed E-state index contributed by atoms with van der Waals surface area (Å²) in [5, 5.41) is 11.5. The molecule has 0 heterocycles. The fourth-order valence-corrected chi connectivity index (χ4v) is 7.49. The van der Waals surface area contributed by atoms with Gasteiger partial charge in [-0.25, -0.2) is 0 Å². The number of allylic oxidation sites excluding steroid dienone is 4. The Kier molecular flexibility index (Phi) is 4.79. The molecule has 4 rings (SSSR count). The van der Waals surface area contributed by atoms with Crippen molar-refractivity contribution in [3.8, 4) is 0 Å². The zero-order chi connectivity index (χ0) is 18.9. The van der Waals surface area contributed by atoms with E-state index in [1.807, 2.05) is 6.08 Å². The first-order chi connectivity index (χ1) is 12.1. The minimum absolute atomic E-state index is 0.00795. The maximum absolute atomic E-state index is 12.9. The second kappa shape index (κ2) is 6.37. The first-order valence-electron chi connectivity index (χ1n) is 9.63. The number of aliphatic hydroxyl groups is 1. The van der Waals surface area contributed by atoms with Crippen LogP contribution < -0.4 is 0 Å². The van der Waals surface area contributed by atoms with Crippen molar-refractivity contribution in [2.75, 3.05) is 0 Å². The van der Waals surface area contributed by atoms with Crippen LogP contribution in [0.25, 0.3) is 0 Å². The van der Waals surface area contributed by atoms with Crippen molar-refractivity contribution in [2.45, 2.75) is 66.3 Å². The summed E-state index contributed by atoms with van der Waals surface area (Å²) in [4.78, 5) is 24.8. The highest BCUT2D eigenvalue weighted by atomic mass is 127. The zero-order valence-electron chi connectivity index (χ0n) is 15.4. The molecule has 142 valence electrons. The van der Waals surface area contributed by atoms with Gasteiger partial charge in [-0.1, -0.05) is 76.3 Å². The van der Waals surface area contributed by atoms with Crippen LogP contribution in [0.3, 0.4) is 0 Å². The molecule has 4 aliphatic rings. The van der Waals surface area contributed by atoms with Gasteiger partial charge >= 0.3 is 0 Å². The van der Waals surface area contributed by atoms with E-state index in [4.69, 9.17) is 0 Å². The van der Waals surface area contributed by atoms with Crippen LogP contribution in [0, 0.1) is 22.7 Å². The van der Waals surface area contributed by atoms with E-state index in [1.165, 1.54) is 11.1 Å². The van der Waals surface area contributed by atoms with Gasteiger partial charge in [-0.3, -0.25) is 9.59 Å². The highest BCUT2D eigenvalue weighted by Gasteiger charge is 2.64. The minimum atomic E-state index is -1.20. The number of hydrogen-bond donors (Lipinski definition) is 1. The molecule has 0 aromatic rings. The molecule has 0 unspecified atom stereocenters. The van der Waals surface area contributed by atoms with Crippen molar-refractivity contribution in [3.63, 3.8) is 0 Å². The SMILES string of the molecule is C[C@]12CCC(=O)C=C1CC[C@@H]1C2=CC[C@@]2(C)[C@H]1CC[C@]2(O)C(=O)C(I)I. The summed E-state index contributed by atoms with van der Waals surface area (Å²) >= 11 is 4.25. The lowest BCUT2D eigenvalue weighted by Gasteiger charge is -2.54. The van der Waals surface area contributed by atoms with Gasteiger partial charge in [0.15, 0.2) is 11.6 Å². The second-order valence-electron chi connectivity index (χ2n) is 9.06. The van der Waals surface area contributed by atoms with Crippen LogP contribution in [0.4, 0.5) is 0 Å². The van der Waals surface area contributed by atoms with E-state index >= 15 is 0 Å². The summed E-state index contributed by atoms with van der Waals surface area (Å²) in [7, 11) is 0. The van der Waals surface area contributed by atoms with Gasteiger partial charge < -0.3 is 5.11 Å². The van der Waals surface area contributed by atoms with Crippen LogP contribution in [0.1, 0.15) is 58.8 Å². The average molecular weight is 580 g/mol. The van der Waals surface area contributed by atoms with Crippen LogP contribution in [-0.4, -0.2) is 24.2 Å². The molecule has 0 saturated heterocycles. The van der Waals surface area contributed by atoms with Gasteiger partial charge in [0.2, 0.25) is 0 Å². The molecule has 5 heteroatoms. The lowest BCUT2D eigenvalue weighted by atomic mass is 9.50. The maximum atomic E-state index is 12.9. The van der Waals surface area contributed by atoms with Crippen LogP contribution >= 0.6 is 45.2 Å². The molecular formula is C21H26I2O3. The van der Waals surface area contributed by atoms with Crippen LogP contribution in [0.5, 0.6) is 0 Å². The molecule has 0 aromatic heterocycles. The third-order valence-corrected chi connectivity index (χ3v) is 9.23. The Hall–Kier alpha value is 0.240. The summed E-state index contributed by atoms with van der Waals surface area (Å²) in [5.41, 5.74) is 1.24. The molecule has 3 nitrogen and oxygen atoms in total. The highest BCUT2D eigenvalue weighted by Crippen LogP contribution is 2.65. The van der Waals surface area contributed by atoms with Crippen LogP contribution in [0.2, 0.25) is 0 Å². The lowest BCUT2D eigenvalue weighted by Crippen LogP contribution is -2.56. The second-order valence-corrected chi connectivity index (χ2v) is 13.9. The van der Waals surface area contributed by atoms with Crippen molar-refractivity contribution in [3.05, 3.63) is 23.3 Å². The summed E-state index contributed by atoms with van der Waals surface area (Å²) in [6, 6.07) is 0. The number of carbonyl (C=O) groups excluding carboxylic acids is 2. The Balaban J connectivity index is 1.75. The first kappa shape index (κ1) is 19.6. The van der Waals surface area contributed by atoms with Gasteiger partial charge in [-0.2, -0.15) is 0 Å². The molecule has 2 saturated carbocycles. The normalized spacial score (nSPS) is 44.8. The third kappa shape index (κ3) is 2.51. The van der Waals surface area contributed by atoms with Crippen LogP contribution in [-0.2, 0) is 9.59 Å². The van der Waals surface area contributed by atoms with E-state index in [-0.39, 0.29) is 24.3 Å². The monoisotopic (exact) mass is 580 g/mol. The van der Waals surface area contributed by atoms with Gasteiger partial charge in [0.1, 0.15) is 7.53 Å². The Morgan fingerprint density at radius 1 is 1.23 bits per heavy atom. The molecule has 4 aliphatic carbocycles. The number of Topliss-reactive ketones (excluding diaryl/α,β-unsaturated/α-hetero) is 1. The Labute approximate surface area is 182 Å². The topological polar surface area (TPSA) is 54.4 Å². The molecule has 0 spiro atoms. The van der Waals surface area contributed by atoms with E-state index in [2.05, 4.69) is 65.1 Å². The fourth-order valence-electron chi connectivity index (χ4n) is 6.46. The van der Waals surface area contributed by atoms with E-state index in [0.717, 1.165) is 32.1 Å². The Bertz CT molecular complexity index is 740. The van der Waals surface area contributed by atoms with E-state index in [1.54, 1.807) is 0 Å². The van der Waals surface area contributed by atoms with E-state index in [9.17, 15) is 14.7 Å². The summed E-state index contributed by atoms with van der Waals surface area (Å²) < 4.78 is -0.195. The van der Waals surface area contributed by atoms with Gasteiger partial charge in [-0.05, 0) is 56.4 Å². The average Bonchev–Trinajstić information content (AvgIpc) is 2.87. The fraction of sp³-hybridized carbons (Fsp3) is 0.714. The van der Waals surface area contributed by atoms with E-state index < -0.39 is 5.60 Å². The summed E-state index contributed by atoms with van der Waals surface area (Å²) in [6.07, 6.45) is 10.1. The van der Waals surface area contributed by atoms with Crippen molar-refractivity contribution >= 4 is 56.7 Å². The predicted octanol–water partition coefficient (Wildman–Crippen LogP) is 4.93. The molecule has 5 atom stereocenters. The highest BCUT2D eigenvalue weighted by molar-refractivity contribution is 14.2. The Morgan fingerprint density at radius 2 is 1.96 bits per heavy atom. The molecule has 2 fully saturated rings. The largest absolute Gasteiger partial charge is 0.381 e. The molecule has 0 bridgehead atoms. The molecule has 0 amide bonds. The zero-order valence-corrected chi connectivity index (χ0v) is 19.7. The van der Waals surface area contributed by atoms with Gasteiger partial charge in [0.05, 0.1) is 0 Å². The standard InChI is InChI=1S/C21H26I2O3/c1-19-8-5-13(24)11-12(19)3-4-14-15(19)6-9-20(2)16(14)7-10-21(20,26)17(25)18(22)23/h6,11,14,16,18,26H,3-5,7-10H2,1-2H3/t14-,16+,19+,20+,21+/m1/s1. The van der Waals surface area contributed by atoms with Gasteiger partial charge in [-0.15, -0.1) is 0 Å². The lowest BCUT2D eigenvalue weighted by molar-refractivity contribution is -0.150. The molecule has 0 aromatic carbocycles. The van der Waals surface area contributed by atoms with Gasteiger partial charge in [0, 0.05) is 17.3 Å². The predicted molar refractivity (Wildman–Crippen MR) is 118 cm³/mol. The van der Waals surface area contributed by atoms with Crippen molar-refractivity contribution < 1.29 is 14.7 Å². The number of ketones is 2. The van der Waals surface area contributed by atoms with E-state index in [0.29, 0.717) is 24.7 Å². The molecule has 1 N–H and O–H groups in total. The summed E-state index contributed by atoms with van der Waals surface area (Å²) in [6.45, 7) is 4.45. The number of rotatable bonds is 2. The molecule has 0 aliphatic heterocycles. The first-order valence-corrected chi connectivity index (χ1v) is 12.1. The molecule has 0 radical (unpaired) electrons. The summed E-state index contributed by atoms with van der Waals surface area (Å²) in [5.74, 6) is 1.06. The smallest absolute Gasteiger partial charge is 0.187 e. The quantitative estimate of drug-likeness (QED) is 0.287. The van der Waals surface area contributed by atoms with Crippen molar-refractivity contribution in [2.24, 2.45) is 22.7 Å². The van der Waals surface area contributed by atoms with Crippen molar-refractivity contribution in [1.29, 1.82) is 0 Å². The number of carbonyl (C=O) groups is 2.